The summed E-state index contributed by atoms with van der Waals surface area (Å²) in [5.74, 6) is -1.95. The number of esters is 1. The zero-order valence-electron chi connectivity index (χ0n) is 23.3. The van der Waals surface area contributed by atoms with Gasteiger partial charge in [0.15, 0.2) is 0 Å². The van der Waals surface area contributed by atoms with Gasteiger partial charge in [-0.25, -0.2) is 9.59 Å². The molecule has 0 saturated heterocycles. The summed E-state index contributed by atoms with van der Waals surface area (Å²) in [6, 6.07) is 10.3. The molecular weight excluding hydrogens is 578 g/mol. The van der Waals surface area contributed by atoms with E-state index in [1.54, 1.807) is 6.07 Å². The lowest BCUT2D eigenvalue weighted by Gasteiger charge is -2.19. The normalized spacial score (nSPS) is 12.5. The van der Waals surface area contributed by atoms with Gasteiger partial charge in [-0.15, -0.1) is 0 Å². The molecule has 0 spiro atoms. The van der Waals surface area contributed by atoms with Crippen LogP contribution >= 0.6 is 0 Å². The molecule has 1 heterocycles. The van der Waals surface area contributed by atoms with Crippen molar-refractivity contribution in [2.24, 2.45) is 5.92 Å². The molecule has 0 N–H and O–H groups in total. The van der Waals surface area contributed by atoms with Crippen LogP contribution in [0.15, 0.2) is 63.8 Å². The highest BCUT2D eigenvalue weighted by Crippen LogP contribution is 2.32. The Balaban J connectivity index is 0.00000645. The number of unbranched alkanes of at least 4 members (excludes halogenated alkanes) is 2. The second-order valence-corrected chi connectivity index (χ2v) is 10.3. The molecule has 1 atom stereocenters. The molecule has 0 saturated carbocycles. The number of rotatable bonds is 13. The van der Waals surface area contributed by atoms with Gasteiger partial charge in [-0.2, -0.15) is 26.3 Å². The summed E-state index contributed by atoms with van der Waals surface area (Å²) in [6.07, 6.45) is -8.13. The first kappa shape index (κ1) is 35.4. The van der Waals surface area contributed by atoms with E-state index in [-0.39, 0.29) is 41.0 Å². The van der Waals surface area contributed by atoms with E-state index in [2.05, 4.69) is 6.58 Å². The SMILES string of the molecule is C.C=C(C)C(=O)OCC(COc1ccc2cc(-c3ccc(CCCCC)cc3CC(F)(F)F)c(=O)oc2c1)CC(F)(F)F. The van der Waals surface area contributed by atoms with Crippen molar-refractivity contribution < 1.29 is 45.0 Å². The van der Waals surface area contributed by atoms with E-state index >= 15 is 0 Å². The first-order valence-electron chi connectivity index (χ1n) is 13.4. The largest absolute Gasteiger partial charge is 0.493 e. The molecule has 0 radical (unpaired) electrons. The monoisotopic (exact) mass is 614 g/mol. The first-order chi connectivity index (χ1) is 19.6. The minimum Gasteiger partial charge on any atom is -0.493 e. The number of hydrogen-bond acceptors (Lipinski definition) is 5. The van der Waals surface area contributed by atoms with E-state index in [0.717, 1.165) is 24.8 Å². The number of carbonyl (C=O) groups excluding carboxylic acids is 1. The second kappa shape index (κ2) is 15.1. The van der Waals surface area contributed by atoms with E-state index in [4.69, 9.17) is 13.9 Å². The number of hydrogen-bond donors (Lipinski definition) is 0. The maximum atomic E-state index is 13.4. The van der Waals surface area contributed by atoms with Crippen molar-refractivity contribution in [3.63, 3.8) is 0 Å². The van der Waals surface area contributed by atoms with Crippen molar-refractivity contribution in [2.75, 3.05) is 13.2 Å². The Hall–Kier alpha value is -3.76. The van der Waals surface area contributed by atoms with E-state index in [9.17, 15) is 35.9 Å². The number of ether oxygens (including phenoxy) is 2. The summed E-state index contributed by atoms with van der Waals surface area (Å²) in [7, 11) is 0. The maximum absolute atomic E-state index is 13.4. The minimum atomic E-state index is -4.53. The van der Waals surface area contributed by atoms with Gasteiger partial charge in [-0.3, -0.25) is 0 Å². The van der Waals surface area contributed by atoms with Crippen LogP contribution in [-0.4, -0.2) is 31.5 Å². The van der Waals surface area contributed by atoms with Crippen LogP contribution in [0.1, 0.15) is 58.1 Å². The van der Waals surface area contributed by atoms with Crippen LogP contribution in [0.3, 0.4) is 0 Å². The molecule has 1 aromatic heterocycles. The number of benzene rings is 2. The molecule has 3 aromatic rings. The Morgan fingerprint density at radius 3 is 2.30 bits per heavy atom. The maximum Gasteiger partial charge on any atom is 0.393 e. The number of carbonyl (C=O) groups is 1. The second-order valence-electron chi connectivity index (χ2n) is 10.3. The average molecular weight is 615 g/mol. The van der Waals surface area contributed by atoms with E-state index in [0.29, 0.717) is 11.8 Å². The molecule has 11 heteroatoms. The zero-order chi connectivity index (χ0) is 31.1. The van der Waals surface area contributed by atoms with Gasteiger partial charge in [0.05, 0.1) is 31.6 Å². The Morgan fingerprint density at radius 1 is 0.953 bits per heavy atom. The van der Waals surface area contributed by atoms with Gasteiger partial charge in [-0.1, -0.05) is 52.0 Å². The highest BCUT2D eigenvalue weighted by atomic mass is 19.4. The third kappa shape index (κ3) is 11.1. The molecule has 1 unspecified atom stereocenters. The molecule has 0 amide bonds. The molecule has 0 aliphatic heterocycles. The molecule has 0 fully saturated rings. The van der Waals surface area contributed by atoms with Crippen molar-refractivity contribution in [2.45, 2.75) is 72.2 Å². The summed E-state index contributed by atoms with van der Waals surface area (Å²) >= 11 is 0. The highest BCUT2D eigenvalue weighted by Gasteiger charge is 2.33. The molecule has 2 aromatic carbocycles. The van der Waals surface area contributed by atoms with Crippen molar-refractivity contribution >= 4 is 16.9 Å². The first-order valence-corrected chi connectivity index (χ1v) is 13.4. The summed E-state index contributed by atoms with van der Waals surface area (Å²) in [5.41, 5.74) is -0.0110. The third-order valence-corrected chi connectivity index (χ3v) is 6.43. The fourth-order valence-electron chi connectivity index (χ4n) is 4.40. The van der Waals surface area contributed by atoms with Crippen LogP contribution < -0.4 is 10.4 Å². The van der Waals surface area contributed by atoms with Gasteiger partial charge in [0.2, 0.25) is 0 Å². The Kier molecular flexibility index (Phi) is 12.5. The smallest absolute Gasteiger partial charge is 0.393 e. The van der Waals surface area contributed by atoms with Crippen LogP contribution in [0, 0.1) is 5.92 Å². The van der Waals surface area contributed by atoms with Gasteiger partial charge >= 0.3 is 23.9 Å². The molecule has 43 heavy (non-hydrogen) atoms. The van der Waals surface area contributed by atoms with Crippen LogP contribution in [0.25, 0.3) is 22.1 Å². The van der Waals surface area contributed by atoms with Gasteiger partial charge < -0.3 is 13.9 Å². The summed E-state index contributed by atoms with van der Waals surface area (Å²) in [6.45, 7) is 5.78. The fourth-order valence-corrected chi connectivity index (χ4v) is 4.40. The standard InChI is InChI=1S/C31H32F6O5.CH4/c1-4-5-6-7-20-8-11-25(23(12-20)16-31(35,36)37)26-13-22-9-10-24(14-27(22)42-29(26)39)40-17-21(15-30(32,33)34)18-41-28(38)19(2)3;/h8-14,21H,2,4-7,15-18H2,1,3H3;1H4. The van der Waals surface area contributed by atoms with Crippen LogP contribution in [0.4, 0.5) is 26.3 Å². The lowest BCUT2D eigenvalue weighted by Crippen LogP contribution is -2.26. The number of fused-ring (bicyclic) bond motifs is 1. The van der Waals surface area contributed by atoms with Gasteiger partial charge in [0, 0.05) is 22.9 Å². The van der Waals surface area contributed by atoms with Crippen molar-refractivity contribution in [3.05, 3.63) is 76.2 Å². The molecule has 3 rings (SSSR count). The topological polar surface area (TPSA) is 65.7 Å². The summed E-state index contributed by atoms with van der Waals surface area (Å²) in [4.78, 5) is 24.5. The number of alkyl halides is 6. The lowest BCUT2D eigenvalue weighted by molar-refractivity contribution is -0.158. The molecule has 0 bridgehead atoms. The predicted octanol–water partition coefficient (Wildman–Crippen LogP) is 9.00. The van der Waals surface area contributed by atoms with E-state index in [1.165, 1.54) is 43.3 Å². The average Bonchev–Trinajstić information content (AvgIpc) is 2.88. The van der Waals surface area contributed by atoms with Crippen LogP contribution in [0.5, 0.6) is 5.75 Å². The zero-order valence-corrected chi connectivity index (χ0v) is 23.3. The van der Waals surface area contributed by atoms with Crippen molar-refractivity contribution in [1.82, 2.24) is 0 Å². The summed E-state index contributed by atoms with van der Waals surface area (Å²) in [5, 5.41) is 0.379. The van der Waals surface area contributed by atoms with Crippen LogP contribution in [0.2, 0.25) is 0 Å². The molecule has 5 nitrogen and oxygen atoms in total. The van der Waals surface area contributed by atoms with Gasteiger partial charge in [-0.05, 0) is 54.7 Å². The number of halogens is 6. The van der Waals surface area contributed by atoms with Crippen LogP contribution in [-0.2, 0) is 22.4 Å². The Morgan fingerprint density at radius 2 is 1.67 bits per heavy atom. The summed E-state index contributed by atoms with van der Waals surface area (Å²) < 4.78 is 95.1. The Labute approximate surface area is 246 Å². The Bertz CT molecular complexity index is 1460. The van der Waals surface area contributed by atoms with E-state index < -0.39 is 55.9 Å². The van der Waals surface area contributed by atoms with Gasteiger partial charge in [0.1, 0.15) is 11.3 Å². The van der Waals surface area contributed by atoms with Gasteiger partial charge in [0.25, 0.3) is 0 Å². The molecular formula is C32H36F6O5. The highest BCUT2D eigenvalue weighted by molar-refractivity contribution is 5.87. The van der Waals surface area contributed by atoms with Crippen molar-refractivity contribution in [3.8, 4) is 16.9 Å². The molecule has 236 valence electrons. The lowest BCUT2D eigenvalue weighted by atomic mass is 9.94. The quantitative estimate of drug-likeness (QED) is 0.0632. The third-order valence-electron chi connectivity index (χ3n) is 6.43. The fraction of sp³-hybridized carbons (Fsp3) is 0.438. The molecule has 0 aliphatic carbocycles. The minimum absolute atomic E-state index is 0. The van der Waals surface area contributed by atoms with E-state index in [1.807, 2.05) is 6.92 Å². The van der Waals surface area contributed by atoms with Crippen molar-refractivity contribution in [1.29, 1.82) is 0 Å². The number of aryl methyl sites for hydroxylation is 1. The predicted molar refractivity (Wildman–Crippen MR) is 153 cm³/mol. The molecule has 0 aliphatic rings.